The van der Waals surface area contributed by atoms with Crippen molar-refractivity contribution in [2.45, 2.75) is 0 Å². The third-order valence-corrected chi connectivity index (χ3v) is 2.83. The average Bonchev–Trinajstić information content (AvgIpc) is 2.40. The van der Waals surface area contributed by atoms with E-state index in [-0.39, 0.29) is 5.56 Å². The lowest BCUT2D eigenvalue weighted by molar-refractivity contribution is -0.398. The number of rotatable bonds is 3. The van der Waals surface area contributed by atoms with Gasteiger partial charge in [0.2, 0.25) is 0 Å². The maximum atomic E-state index is 11.8. The van der Waals surface area contributed by atoms with E-state index in [9.17, 15) is 15.2 Å². The summed E-state index contributed by atoms with van der Waals surface area (Å²) in [5.41, 5.74) is 0.373. The first-order valence-corrected chi connectivity index (χ1v) is 6.11. The van der Waals surface area contributed by atoms with Crippen LogP contribution in [0.2, 0.25) is 0 Å². The molecule has 2 aromatic carbocycles. The zero-order valence-electron chi connectivity index (χ0n) is 9.62. The number of nitro groups is 1. The van der Waals surface area contributed by atoms with Gasteiger partial charge < -0.3 is 5.11 Å². The maximum absolute atomic E-state index is 11.8. The third kappa shape index (κ3) is 3.17. The standard InChI is InChI=1S/C13H9BrN2O3/c14-10-6-9(13(17)12(7-10)16(18)19)8-15-11-4-2-1-3-5-11/h1-8,17H/p-1. The number of benzene rings is 2. The van der Waals surface area contributed by atoms with E-state index in [1.807, 2.05) is 18.2 Å². The minimum absolute atomic E-state index is 0.171. The Bertz CT molecular complexity index is 642. The predicted molar refractivity (Wildman–Crippen MR) is 73.9 cm³/mol. The molecule has 96 valence electrons. The molecule has 0 atom stereocenters. The summed E-state index contributed by atoms with van der Waals surface area (Å²) < 4.78 is 0.466. The smallest absolute Gasteiger partial charge is 0.263 e. The highest BCUT2D eigenvalue weighted by Gasteiger charge is 2.10. The monoisotopic (exact) mass is 319 g/mol. The molecular formula is C13H8BrN2O3-. The van der Waals surface area contributed by atoms with Crippen molar-refractivity contribution >= 4 is 33.5 Å². The van der Waals surface area contributed by atoms with E-state index < -0.39 is 16.4 Å². The molecule has 0 aliphatic rings. The van der Waals surface area contributed by atoms with Crippen LogP contribution in [-0.4, -0.2) is 11.1 Å². The van der Waals surface area contributed by atoms with Crippen molar-refractivity contribution in [1.82, 2.24) is 0 Å². The van der Waals surface area contributed by atoms with Gasteiger partial charge in [0.25, 0.3) is 5.69 Å². The van der Waals surface area contributed by atoms with E-state index in [0.29, 0.717) is 10.2 Å². The molecule has 0 aliphatic carbocycles. The largest absolute Gasteiger partial charge is 0.867 e. The summed E-state index contributed by atoms with van der Waals surface area (Å²) in [6, 6.07) is 11.7. The van der Waals surface area contributed by atoms with Crippen LogP contribution in [-0.2, 0) is 0 Å². The Morgan fingerprint density at radius 2 is 1.89 bits per heavy atom. The molecule has 6 heteroatoms. The molecule has 5 nitrogen and oxygen atoms in total. The number of hydrogen-bond donors (Lipinski definition) is 0. The molecule has 0 radical (unpaired) electrons. The molecule has 0 saturated carbocycles. The number of aliphatic imine (C=N–C) groups is 1. The summed E-state index contributed by atoms with van der Waals surface area (Å²) in [7, 11) is 0. The van der Waals surface area contributed by atoms with Gasteiger partial charge >= 0.3 is 0 Å². The summed E-state index contributed by atoms with van der Waals surface area (Å²) >= 11 is 3.14. The number of hydrogen-bond acceptors (Lipinski definition) is 4. The summed E-state index contributed by atoms with van der Waals surface area (Å²) in [4.78, 5) is 14.1. The fraction of sp³-hybridized carbons (Fsp3) is 0. The molecule has 19 heavy (non-hydrogen) atoms. The van der Waals surface area contributed by atoms with Gasteiger partial charge in [0.15, 0.2) is 0 Å². The van der Waals surface area contributed by atoms with Crippen molar-refractivity contribution in [2.75, 3.05) is 0 Å². The fourth-order valence-corrected chi connectivity index (χ4v) is 1.95. The normalized spacial score (nSPS) is 10.8. The van der Waals surface area contributed by atoms with Crippen LogP contribution in [0.3, 0.4) is 0 Å². The second kappa shape index (κ2) is 5.62. The molecule has 0 N–H and O–H groups in total. The van der Waals surface area contributed by atoms with Crippen LogP contribution in [0, 0.1) is 10.1 Å². The molecule has 0 unspecified atom stereocenters. The van der Waals surface area contributed by atoms with Crippen LogP contribution in [0.1, 0.15) is 5.56 Å². The molecule has 0 spiro atoms. The average molecular weight is 320 g/mol. The lowest BCUT2D eigenvalue weighted by Gasteiger charge is -2.10. The molecule has 0 saturated heterocycles. The van der Waals surface area contributed by atoms with Crippen molar-refractivity contribution in [3.63, 3.8) is 0 Å². The predicted octanol–water partition coefficient (Wildman–Crippen LogP) is 3.18. The summed E-state index contributed by atoms with van der Waals surface area (Å²) in [6.07, 6.45) is 1.33. The summed E-state index contributed by atoms with van der Waals surface area (Å²) in [5.74, 6) is -0.645. The minimum Gasteiger partial charge on any atom is -0.867 e. The topological polar surface area (TPSA) is 78.6 Å². The number of para-hydroxylation sites is 1. The van der Waals surface area contributed by atoms with E-state index in [4.69, 9.17) is 0 Å². The van der Waals surface area contributed by atoms with E-state index in [0.717, 1.165) is 0 Å². The first-order valence-electron chi connectivity index (χ1n) is 5.32. The summed E-state index contributed by atoms with van der Waals surface area (Å²) in [6.45, 7) is 0. The minimum atomic E-state index is -0.701. The highest BCUT2D eigenvalue weighted by molar-refractivity contribution is 9.10. The van der Waals surface area contributed by atoms with Crippen LogP contribution >= 0.6 is 15.9 Å². The molecule has 0 bridgehead atoms. The van der Waals surface area contributed by atoms with Crippen LogP contribution in [0.15, 0.2) is 51.9 Å². The van der Waals surface area contributed by atoms with Crippen molar-refractivity contribution in [3.05, 3.63) is 62.6 Å². The van der Waals surface area contributed by atoms with Crippen molar-refractivity contribution in [3.8, 4) is 5.75 Å². The van der Waals surface area contributed by atoms with E-state index in [2.05, 4.69) is 20.9 Å². The second-order valence-corrected chi connectivity index (χ2v) is 4.61. The van der Waals surface area contributed by atoms with Gasteiger partial charge in [-0.05, 0) is 29.5 Å². The van der Waals surface area contributed by atoms with Crippen LogP contribution in [0.5, 0.6) is 5.75 Å². The van der Waals surface area contributed by atoms with E-state index >= 15 is 0 Å². The Morgan fingerprint density at radius 3 is 2.53 bits per heavy atom. The SMILES string of the molecule is O=[N+]([O-])c1cc(Br)cc(C=Nc2ccccc2)c1[O-]. The third-order valence-electron chi connectivity index (χ3n) is 2.37. The Balaban J connectivity index is 2.41. The first kappa shape index (κ1) is 13.2. The Kier molecular flexibility index (Phi) is 3.91. The molecule has 2 rings (SSSR count). The van der Waals surface area contributed by atoms with E-state index in [1.165, 1.54) is 18.3 Å². The van der Waals surface area contributed by atoms with Crippen molar-refractivity contribution in [1.29, 1.82) is 0 Å². The van der Waals surface area contributed by atoms with Crippen molar-refractivity contribution in [2.24, 2.45) is 4.99 Å². The Morgan fingerprint density at radius 1 is 1.21 bits per heavy atom. The number of halogens is 1. The van der Waals surface area contributed by atoms with Crippen LogP contribution in [0.25, 0.3) is 0 Å². The zero-order valence-corrected chi connectivity index (χ0v) is 11.2. The van der Waals surface area contributed by atoms with Gasteiger partial charge in [0, 0.05) is 16.8 Å². The van der Waals surface area contributed by atoms with Gasteiger partial charge in [0.1, 0.15) is 0 Å². The molecular weight excluding hydrogens is 312 g/mol. The Labute approximate surface area is 117 Å². The van der Waals surface area contributed by atoms with E-state index in [1.54, 1.807) is 12.1 Å². The highest BCUT2D eigenvalue weighted by atomic mass is 79.9. The summed E-state index contributed by atoms with van der Waals surface area (Å²) in [5, 5.41) is 22.6. The molecule has 0 aromatic heterocycles. The molecule has 2 aromatic rings. The highest BCUT2D eigenvalue weighted by Crippen LogP contribution is 2.30. The Hall–Kier alpha value is -2.21. The lowest BCUT2D eigenvalue weighted by atomic mass is 10.2. The van der Waals surface area contributed by atoms with Gasteiger partial charge in [-0.25, -0.2) is 0 Å². The quantitative estimate of drug-likeness (QED) is 0.495. The molecule has 0 amide bonds. The first-order chi connectivity index (χ1) is 9.08. The molecule has 0 aliphatic heterocycles. The van der Waals surface area contributed by atoms with Gasteiger partial charge in [-0.3, -0.25) is 15.1 Å². The fourth-order valence-electron chi connectivity index (χ4n) is 1.49. The van der Waals surface area contributed by atoms with Crippen molar-refractivity contribution < 1.29 is 10.0 Å². The van der Waals surface area contributed by atoms with Gasteiger partial charge in [-0.15, -0.1) is 0 Å². The van der Waals surface area contributed by atoms with Gasteiger partial charge in [-0.1, -0.05) is 34.1 Å². The van der Waals surface area contributed by atoms with Gasteiger partial charge in [0.05, 0.1) is 10.6 Å². The van der Waals surface area contributed by atoms with Crippen LogP contribution < -0.4 is 5.11 Å². The lowest BCUT2D eigenvalue weighted by Crippen LogP contribution is -2.02. The van der Waals surface area contributed by atoms with Crippen LogP contribution in [0.4, 0.5) is 11.4 Å². The van der Waals surface area contributed by atoms with Gasteiger partial charge in [-0.2, -0.15) is 0 Å². The number of nitrogens with zero attached hydrogens (tertiary/aromatic N) is 2. The second-order valence-electron chi connectivity index (χ2n) is 3.69. The molecule has 0 fully saturated rings. The number of nitro benzene ring substituents is 1. The molecule has 0 heterocycles. The maximum Gasteiger partial charge on any atom is 0.263 e. The zero-order chi connectivity index (χ0) is 13.8.